The average molecular weight is 261 g/mol. The molecule has 2 N–H and O–H groups in total. The maximum absolute atomic E-state index is 6.59. The third-order valence-corrected chi connectivity index (χ3v) is 4.53. The van der Waals surface area contributed by atoms with Crippen molar-refractivity contribution in [2.75, 3.05) is 6.61 Å². The van der Waals surface area contributed by atoms with E-state index in [1.165, 1.54) is 37.7 Å². The summed E-state index contributed by atoms with van der Waals surface area (Å²) < 4.78 is 5.74. The van der Waals surface area contributed by atoms with Gasteiger partial charge in [-0.15, -0.1) is 0 Å². The number of para-hydroxylation sites is 1. The summed E-state index contributed by atoms with van der Waals surface area (Å²) in [6.07, 6.45) is 6.54. The second-order valence-electron chi connectivity index (χ2n) is 5.61. The lowest BCUT2D eigenvalue weighted by Gasteiger charge is -2.35. The summed E-state index contributed by atoms with van der Waals surface area (Å²) in [6, 6.07) is 8.40. The van der Waals surface area contributed by atoms with Crippen LogP contribution in [0.3, 0.4) is 0 Å². The molecule has 2 nitrogen and oxygen atoms in total. The SMILES string of the molecule is CCOc1ccccc1C(N)C1CCCCC1CC. The Bertz CT molecular complexity index is 391. The molecule has 0 aromatic heterocycles. The Kier molecular flexibility index (Phi) is 5.26. The third-order valence-electron chi connectivity index (χ3n) is 4.53. The molecule has 0 aliphatic heterocycles. The molecule has 1 aromatic carbocycles. The molecule has 1 aliphatic rings. The zero-order valence-corrected chi connectivity index (χ0v) is 12.3. The van der Waals surface area contributed by atoms with Crippen LogP contribution in [0.1, 0.15) is 57.6 Å². The zero-order chi connectivity index (χ0) is 13.7. The van der Waals surface area contributed by atoms with Crippen LogP contribution in [-0.4, -0.2) is 6.61 Å². The van der Waals surface area contributed by atoms with Crippen molar-refractivity contribution in [2.45, 2.75) is 52.0 Å². The number of benzene rings is 1. The van der Waals surface area contributed by atoms with E-state index < -0.39 is 0 Å². The first-order valence-corrected chi connectivity index (χ1v) is 7.75. The Morgan fingerprint density at radius 1 is 1.21 bits per heavy atom. The van der Waals surface area contributed by atoms with Crippen molar-refractivity contribution >= 4 is 0 Å². The topological polar surface area (TPSA) is 35.2 Å². The second-order valence-corrected chi connectivity index (χ2v) is 5.61. The van der Waals surface area contributed by atoms with E-state index in [4.69, 9.17) is 10.5 Å². The van der Waals surface area contributed by atoms with Gasteiger partial charge in [0.15, 0.2) is 0 Å². The lowest BCUT2D eigenvalue weighted by Crippen LogP contribution is -2.30. The minimum Gasteiger partial charge on any atom is -0.494 e. The van der Waals surface area contributed by atoms with Crippen LogP contribution in [0.5, 0.6) is 5.75 Å². The highest BCUT2D eigenvalue weighted by atomic mass is 16.5. The summed E-state index contributed by atoms with van der Waals surface area (Å²) in [4.78, 5) is 0. The molecule has 1 fully saturated rings. The Hall–Kier alpha value is -1.02. The van der Waals surface area contributed by atoms with Gasteiger partial charge in [0.25, 0.3) is 0 Å². The van der Waals surface area contributed by atoms with Crippen molar-refractivity contribution in [1.82, 2.24) is 0 Å². The van der Waals surface area contributed by atoms with Crippen LogP contribution in [-0.2, 0) is 0 Å². The summed E-state index contributed by atoms with van der Waals surface area (Å²) in [6.45, 7) is 5.02. The highest BCUT2D eigenvalue weighted by Gasteiger charge is 2.30. The van der Waals surface area contributed by atoms with E-state index in [0.29, 0.717) is 12.5 Å². The van der Waals surface area contributed by atoms with Crippen molar-refractivity contribution in [3.8, 4) is 5.75 Å². The molecule has 0 bridgehead atoms. The largest absolute Gasteiger partial charge is 0.494 e. The molecule has 2 rings (SSSR count). The first-order chi connectivity index (χ1) is 9.27. The third kappa shape index (κ3) is 3.30. The van der Waals surface area contributed by atoms with Gasteiger partial charge in [-0.25, -0.2) is 0 Å². The predicted molar refractivity (Wildman–Crippen MR) is 80.3 cm³/mol. The first kappa shape index (κ1) is 14.4. The summed E-state index contributed by atoms with van der Waals surface area (Å²) in [5.41, 5.74) is 7.78. The predicted octanol–water partition coefficient (Wildman–Crippen LogP) is 4.30. The number of nitrogens with two attached hydrogens (primary N) is 1. The molecule has 0 saturated heterocycles. The highest BCUT2D eigenvalue weighted by Crippen LogP contribution is 2.41. The molecule has 1 aliphatic carbocycles. The lowest BCUT2D eigenvalue weighted by atomic mass is 9.72. The molecule has 0 heterocycles. The molecule has 3 unspecified atom stereocenters. The second kappa shape index (κ2) is 6.95. The van der Waals surface area contributed by atoms with Crippen molar-refractivity contribution in [3.63, 3.8) is 0 Å². The van der Waals surface area contributed by atoms with Gasteiger partial charge in [0.2, 0.25) is 0 Å². The molecule has 1 saturated carbocycles. The summed E-state index contributed by atoms with van der Waals surface area (Å²) in [5.74, 6) is 2.36. The molecule has 0 radical (unpaired) electrons. The van der Waals surface area contributed by atoms with Gasteiger partial charge in [0.1, 0.15) is 5.75 Å². The van der Waals surface area contributed by atoms with Gasteiger partial charge in [-0.05, 0) is 31.2 Å². The fraction of sp³-hybridized carbons (Fsp3) is 0.647. The molecular weight excluding hydrogens is 234 g/mol. The van der Waals surface area contributed by atoms with E-state index in [2.05, 4.69) is 19.1 Å². The van der Waals surface area contributed by atoms with Gasteiger partial charge >= 0.3 is 0 Å². The zero-order valence-electron chi connectivity index (χ0n) is 12.3. The fourth-order valence-electron chi connectivity index (χ4n) is 3.49. The standard InChI is InChI=1S/C17H27NO/c1-3-13-9-5-6-10-14(13)17(18)15-11-7-8-12-16(15)19-4-2/h7-8,11-14,17H,3-6,9-10,18H2,1-2H3. The Morgan fingerprint density at radius 3 is 2.68 bits per heavy atom. The van der Waals surface area contributed by atoms with Gasteiger partial charge < -0.3 is 10.5 Å². The average Bonchev–Trinajstić information content (AvgIpc) is 2.47. The molecule has 0 amide bonds. The normalized spacial score (nSPS) is 25.0. The smallest absolute Gasteiger partial charge is 0.124 e. The summed E-state index contributed by atoms with van der Waals surface area (Å²) in [5, 5.41) is 0. The van der Waals surface area contributed by atoms with Crippen molar-refractivity contribution < 1.29 is 4.74 Å². The van der Waals surface area contributed by atoms with E-state index in [1.807, 2.05) is 19.1 Å². The van der Waals surface area contributed by atoms with Crippen LogP contribution >= 0.6 is 0 Å². The van der Waals surface area contributed by atoms with Crippen molar-refractivity contribution in [1.29, 1.82) is 0 Å². The van der Waals surface area contributed by atoms with Gasteiger partial charge in [-0.1, -0.05) is 50.8 Å². The molecule has 19 heavy (non-hydrogen) atoms. The van der Waals surface area contributed by atoms with Crippen molar-refractivity contribution in [2.24, 2.45) is 17.6 Å². The number of hydrogen-bond donors (Lipinski definition) is 1. The fourth-order valence-corrected chi connectivity index (χ4v) is 3.49. The van der Waals surface area contributed by atoms with E-state index in [-0.39, 0.29) is 6.04 Å². The number of rotatable bonds is 5. The molecular formula is C17H27NO. The Labute approximate surface area is 117 Å². The Balaban J connectivity index is 2.19. The van der Waals surface area contributed by atoms with Crippen LogP contribution in [0.2, 0.25) is 0 Å². The van der Waals surface area contributed by atoms with Crippen LogP contribution in [0.4, 0.5) is 0 Å². The minimum atomic E-state index is 0.119. The van der Waals surface area contributed by atoms with Crippen LogP contribution in [0, 0.1) is 11.8 Å². The van der Waals surface area contributed by atoms with E-state index in [1.54, 1.807) is 0 Å². The van der Waals surface area contributed by atoms with E-state index in [9.17, 15) is 0 Å². The van der Waals surface area contributed by atoms with E-state index >= 15 is 0 Å². The van der Waals surface area contributed by atoms with Crippen LogP contribution < -0.4 is 10.5 Å². The van der Waals surface area contributed by atoms with Crippen LogP contribution in [0.15, 0.2) is 24.3 Å². The highest BCUT2D eigenvalue weighted by molar-refractivity contribution is 5.36. The number of hydrogen-bond acceptors (Lipinski definition) is 2. The maximum atomic E-state index is 6.59. The maximum Gasteiger partial charge on any atom is 0.124 e. The quantitative estimate of drug-likeness (QED) is 0.857. The lowest BCUT2D eigenvalue weighted by molar-refractivity contribution is 0.193. The van der Waals surface area contributed by atoms with Gasteiger partial charge in [0.05, 0.1) is 6.61 Å². The molecule has 2 heteroatoms. The number of ether oxygens (including phenoxy) is 1. The molecule has 0 spiro atoms. The molecule has 1 aromatic rings. The van der Waals surface area contributed by atoms with E-state index in [0.717, 1.165) is 11.7 Å². The van der Waals surface area contributed by atoms with Gasteiger partial charge in [-0.3, -0.25) is 0 Å². The van der Waals surface area contributed by atoms with Crippen molar-refractivity contribution in [3.05, 3.63) is 29.8 Å². The first-order valence-electron chi connectivity index (χ1n) is 7.75. The monoisotopic (exact) mass is 261 g/mol. The molecule has 106 valence electrons. The molecule has 3 atom stereocenters. The summed E-state index contributed by atoms with van der Waals surface area (Å²) >= 11 is 0. The van der Waals surface area contributed by atoms with Gasteiger partial charge in [-0.2, -0.15) is 0 Å². The van der Waals surface area contributed by atoms with Crippen LogP contribution in [0.25, 0.3) is 0 Å². The Morgan fingerprint density at radius 2 is 1.95 bits per heavy atom. The minimum absolute atomic E-state index is 0.119. The summed E-state index contributed by atoms with van der Waals surface area (Å²) in [7, 11) is 0. The van der Waals surface area contributed by atoms with Gasteiger partial charge in [0, 0.05) is 11.6 Å².